The number of carbonyl (C=O) groups is 1. The van der Waals surface area contributed by atoms with Crippen LogP contribution in [0.5, 0.6) is 5.75 Å². The molecule has 5 nitrogen and oxygen atoms in total. The van der Waals surface area contributed by atoms with Gasteiger partial charge in [-0.3, -0.25) is 4.79 Å². The first-order valence-corrected chi connectivity index (χ1v) is 6.85. The Hall–Kier alpha value is -1.30. The highest BCUT2D eigenvalue weighted by Crippen LogP contribution is 2.24. The highest BCUT2D eigenvalue weighted by molar-refractivity contribution is 5.85. The van der Waals surface area contributed by atoms with E-state index in [1.54, 1.807) is 19.2 Å². The van der Waals surface area contributed by atoms with Crippen molar-refractivity contribution < 1.29 is 14.6 Å². The van der Waals surface area contributed by atoms with Gasteiger partial charge in [-0.05, 0) is 12.0 Å². The summed E-state index contributed by atoms with van der Waals surface area (Å²) >= 11 is 0. The second kappa shape index (κ2) is 9.60. The summed E-state index contributed by atoms with van der Waals surface area (Å²) in [4.78, 5) is 11.9. The molecule has 0 saturated carbocycles. The highest BCUT2D eigenvalue weighted by atomic mass is 35.5. The molecular formula is C15H25ClN2O3. The number of para-hydroxylation sites is 1. The molecule has 1 amide bonds. The Morgan fingerprint density at radius 1 is 1.43 bits per heavy atom. The molecule has 0 bridgehead atoms. The second-order valence-corrected chi connectivity index (χ2v) is 4.91. The van der Waals surface area contributed by atoms with Crippen molar-refractivity contribution >= 4 is 18.3 Å². The minimum Gasteiger partial charge on any atom is -0.496 e. The number of aliphatic hydroxyl groups is 1. The van der Waals surface area contributed by atoms with Crippen LogP contribution in [0.4, 0.5) is 0 Å². The third kappa shape index (κ3) is 5.53. The van der Waals surface area contributed by atoms with Crippen molar-refractivity contribution in [3.63, 3.8) is 0 Å². The van der Waals surface area contributed by atoms with Crippen LogP contribution in [-0.2, 0) is 4.79 Å². The monoisotopic (exact) mass is 316 g/mol. The lowest BCUT2D eigenvalue weighted by Gasteiger charge is -2.20. The Morgan fingerprint density at radius 3 is 2.62 bits per heavy atom. The average Bonchev–Trinajstić information content (AvgIpc) is 2.50. The molecule has 120 valence electrons. The van der Waals surface area contributed by atoms with Crippen LogP contribution < -0.4 is 15.8 Å². The fourth-order valence-electron chi connectivity index (χ4n) is 1.88. The van der Waals surface area contributed by atoms with Crippen molar-refractivity contribution in [3.8, 4) is 5.75 Å². The van der Waals surface area contributed by atoms with Gasteiger partial charge < -0.3 is 20.9 Å². The quantitative estimate of drug-likeness (QED) is 0.714. The summed E-state index contributed by atoms with van der Waals surface area (Å²) in [5.41, 5.74) is 6.48. The number of amides is 1. The van der Waals surface area contributed by atoms with Gasteiger partial charge in [0, 0.05) is 12.1 Å². The maximum atomic E-state index is 11.9. The molecule has 0 fully saturated rings. The van der Waals surface area contributed by atoms with Crippen molar-refractivity contribution in [2.45, 2.75) is 32.4 Å². The van der Waals surface area contributed by atoms with E-state index < -0.39 is 12.1 Å². The summed E-state index contributed by atoms with van der Waals surface area (Å²) in [5.74, 6) is 0.465. The van der Waals surface area contributed by atoms with E-state index in [0.29, 0.717) is 11.3 Å². The van der Waals surface area contributed by atoms with Crippen LogP contribution in [-0.4, -0.2) is 30.7 Å². The molecule has 0 saturated heterocycles. The number of aliphatic hydroxyl groups excluding tert-OH is 1. The van der Waals surface area contributed by atoms with Crippen molar-refractivity contribution in [2.24, 2.45) is 11.7 Å². The van der Waals surface area contributed by atoms with Crippen molar-refractivity contribution in [2.75, 3.05) is 13.7 Å². The summed E-state index contributed by atoms with van der Waals surface area (Å²) in [6.07, 6.45) is 0.0168. The van der Waals surface area contributed by atoms with E-state index in [2.05, 4.69) is 5.32 Å². The SMILES string of the molecule is CCC(C)C(N)C(=O)NCC(O)c1ccccc1OC.Cl. The van der Waals surface area contributed by atoms with E-state index in [1.807, 2.05) is 26.0 Å². The maximum absolute atomic E-state index is 11.9. The standard InChI is InChI=1S/C15H24N2O3.ClH/c1-4-10(2)14(16)15(19)17-9-12(18)11-7-5-6-8-13(11)20-3;/h5-8,10,12,14,18H,4,9,16H2,1-3H3,(H,17,19);1H. The fraction of sp³-hybridized carbons (Fsp3) is 0.533. The molecule has 21 heavy (non-hydrogen) atoms. The zero-order chi connectivity index (χ0) is 15.1. The number of methoxy groups -OCH3 is 1. The zero-order valence-corrected chi connectivity index (χ0v) is 13.5. The molecule has 0 aliphatic carbocycles. The summed E-state index contributed by atoms with van der Waals surface area (Å²) in [5, 5.41) is 12.8. The van der Waals surface area contributed by atoms with Crippen LogP contribution in [0.15, 0.2) is 24.3 Å². The van der Waals surface area contributed by atoms with Crippen LogP contribution in [0.2, 0.25) is 0 Å². The first-order valence-electron chi connectivity index (χ1n) is 6.85. The lowest BCUT2D eigenvalue weighted by molar-refractivity contribution is -0.123. The van der Waals surface area contributed by atoms with Crippen molar-refractivity contribution in [1.29, 1.82) is 0 Å². The molecule has 3 atom stereocenters. The molecular weight excluding hydrogens is 292 g/mol. The molecule has 1 rings (SSSR count). The minimum absolute atomic E-state index is 0. The van der Waals surface area contributed by atoms with Gasteiger partial charge in [-0.15, -0.1) is 12.4 Å². The largest absolute Gasteiger partial charge is 0.496 e. The van der Waals surface area contributed by atoms with E-state index in [1.165, 1.54) is 0 Å². The topological polar surface area (TPSA) is 84.6 Å². The van der Waals surface area contributed by atoms with Crippen molar-refractivity contribution in [1.82, 2.24) is 5.32 Å². The normalized spacial score (nSPS) is 14.5. The second-order valence-electron chi connectivity index (χ2n) is 4.91. The van der Waals surface area contributed by atoms with Gasteiger partial charge in [-0.2, -0.15) is 0 Å². The number of hydrogen-bond donors (Lipinski definition) is 3. The number of rotatable bonds is 7. The average molecular weight is 317 g/mol. The molecule has 1 aromatic carbocycles. The molecule has 0 heterocycles. The summed E-state index contributed by atoms with van der Waals surface area (Å²) in [6.45, 7) is 4.03. The van der Waals surface area contributed by atoms with Crippen molar-refractivity contribution in [3.05, 3.63) is 29.8 Å². The number of carbonyl (C=O) groups excluding carboxylic acids is 1. The molecule has 0 aromatic heterocycles. The smallest absolute Gasteiger partial charge is 0.237 e. The molecule has 0 aliphatic rings. The van der Waals surface area contributed by atoms with Gasteiger partial charge in [0.25, 0.3) is 0 Å². The highest BCUT2D eigenvalue weighted by Gasteiger charge is 2.20. The molecule has 0 radical (unpaired) electrons. The molecule has 3 unspecified atom stereocenters. The molecule has 1 aromatic rings. The van der Waals surface area contributed by atoms with Crippen LogP contribution in [0.1, 0.15) is 31.9 Å². The van der Waals surface area contributed by atoms with Gasteiger partial charge in [0.2, 0.25) is 5.91 Å². The first kappa shape index (κ1) is 19.7. The predicted octanol–water partition coefficient (Wildman–Crippen LogP) is 1.64. The number of hydrogen-bond acceptors (Lipinski definition) is 4. The summed E-state index contributed by atoms with van der Waals surface area (Å²) in [7, 11) is 1.54. The Labute approximate surface area is 132 Å². The Kier molecular flexibility index (Phi) is 9.01. The van der Waals surface area contributed by atoms with E-state index in [-0.39, 0.29) is 30.8 Å². The van der Waals surface area contributed by atoms with E-state index in [9.17, 15) is 9.90 Å². The number of nitrogens with one attached hydrogen (secondary N) is 1. The van der Waals surface area contributed by atoms with Gasteiger partial charge in [0.1, 0.15) is 5.75 Å². The van der Waals surface area contributed by atoms with Gasteiger partial charge in [0.05, 0.1) is 19.3 Å². The number of benzene rings is 1. The third-order valence-electron chi connectivity index (χ3n) is 3.53. The van der Waals surface area contributed by atoms with E-state index in [0.717, 1.165) is 6.42 Å². The van der Waals surface area contributed by atoms with Gasteiger partial charge in [-0.1, -0.05) is 38.5 Å². The van der Waals surface area contributed by atoms with Crippen LogP contribution in [0.3, 0.4) is 0 Å². The van der Waals surface area contributed by atoms with Gasteiger partial charge in [0.15, 0.2) is 0 Å². The molecule has 0 aliphatic heterocycles. The Morgan fingerprint density at radius 2 is 2.05 bits per heavy atom. The predicted molar refractivity (Wildman–Crippen MR) is 85.6 cm³/mol. The molecule has 4 N–H and O–H groups in total. The third-order valence-corrected chi connectivity index (χ3v) is 3.53. The Balaban J connectivity index is 0.00000400. The van der Waals surface area contributed by atoms with Crippen LogP contribution >= 0.6 is 12.4 Å². The first-order chi connectivity index (χ1) is 9.51. The van der Waals surface area contributed by atoms with Gasteiger partial charge >= 0.3 is 0 Å². The lowest BCUT2D eigenvalue weighted by Crippen LogP contribution is -2.45. The van der Waals surface area contributed by atoms with E-state index in [4.69, 9.17) is 10.5 Å². The number of ether oxygens (including phenoxy) is 1. The Bertz CT molecular complexity index is 443. The zero-order valence-electron chi connectivity index (χ0n) is 12.7. The van der Waals surface area contributed by atoms with Gasteiger partial charge in [-0.25, -0.2) is 0 Å². The minimum atomic E-state index is -0.820. The van der Waals surface area contributed by atoms with Crippen LogP contribution in [0, 0.1) is 5.92 Å². The molecule has 6 heteroatoms. The number of halogens is 1. The lowest BCUT2D eigenvalue weighted by atomic mass is 9.99. The number of nitrogens with two attached hydrogens (primary N) is 1. The summed E-state index contributed by atoms with van der Waals surface area (Å²) < 4.78 is 5.18. The van der Waals surface area contributed by atoms with Crippen LogP contribution in [0.25, 0.3) is 0 Å². The fourth-order valence-corrected chi connectivity index (χ4v) is 1.88. The molecule has 0 spiro atoms. The summed E-state index contributed by atoms with van der Waals surface area (Å²) in [6, 6.07) is 6.63. The van der Waals surface area contributed by atoms with E-state index >= 15 is 0 Å². The maximum Gasteiger partial charge on any atom is 0.237 e.